The molecule has 2 amide bonds. The molecule has 1 fully saturated rings. The largest absolute Gasteiger partial charge is 0.444 e. The van der Waals surface area contributed by atoms with E-state index < -0.39 is 23.4 Å². The molecule has 0 radical (unpaired) electrons. The number of rotatable bonds is 11. The van der Waals surface area contributed by atoms with Crippen LogP contribution in [0.25, 0.3) is 11.4 Å². The summed E-state index contributed by atoms with van der Waals surface area (Å²) in [6.07, 6.45) is 10.8. The Hall–Kier alpha value is -3.43. The van der Waals surface area contributed by atoms with Gasteiger partial charge in [0.05, 0.1) is 5.92 Å². The number of aryl methyl sites for hydroxylation is 1. The lowest BCUT2D eigenvalue weighted by Crippen LogP contribution is -2.45. The van der Waals surface area contributed by atoms with Crippen molar-refractivity contribution in [1.29, 1.82) is 0 Å². The zero-order valence-electron chi connectivity index (χ0n) is 27.2. The van der Waals surface area contributed by atoms with Crippen LogP contribution in [-0.4, -0.2) is 57.5 Å². The van der Waals surface area contributed by atoms with Gasteiger partial charge >= 0.3 is 12.2 Å². The molecule has 0 aliphatic carbocycles. The fourth-order valence-corrected chi connectivity index (χ4v) is 4.90. The molecule has 1 aromatic heterocycles. The van der Waals surface area contributed by atoms with E-state index in [1.807, 2.05) is 12.1 Å². The summed E-state index contributed by atoms with van der Waals surface area (Å²) in [5, 5.41) is 6.85. The number of unbranched alkanes of at least 4 members (excludes halogenated alkanes) is 7. The SMILES string of the molecule is CCCCCCCCCCc1ccc(-c2noc([C@H]3CCN(C(=NC(=O)OC(C)(C)C)NC(=O)OC(C)(C)C)C3)n2)cc1. The molecular formula is C33H51N5O5. The highest BCUT2D eigenvalue weighted by atomic mass is 16.6. The fourth-order valence-electron chi connectivity index (χ4n) is 4.90. The number of benzene rings is 1. The number of aliphatic imine (C=N–C) groups is 1. The van der Waals surface area contributed by atoms with E-state index in [-0.39, 0.29) is 11.9 Å². The van der Waals surface area contributed by atoms with Crippen LogP contribution < -0.4 is 5.32 Å². The number of guanidine groups is 1. The van der Waals surface area contributed by atoms with Gasteiger partial charge in [-0.3, -0.25) is 5.32 Å². The lowest BCUT2D eigenvalue weighted by molar-refractivity contribution is 0.0555. The van der Waals surface area contributed by atoms with E-state index in [4.69, 9.17) is 14.0 Å². The molecule has 0 spiro atoms. The second-order valence-corrected chi connectivity index (χ2v) is 13.4. The summed E-state index contributed by atoms with van der Waals surface area (Å²) < 4.78 is 16.4. The Kier molecular flexibility index (Phi) is 12.6. The van der Waals surface area contributed by atoms with Crippen LogP contribution in [0.1, 0.15) is 124 Å². The average Bonchev–Trinajstić information content (AvgIpc) is 3.58. The summed E-state index contributed by atoms with van der Waals surface area (Å²) >= 11 is 0. The Balaban J connectivity index is 1.57. The van der Waals surface area contributed by atoms with Crippen molar-refractivity contribution in [3.8, 4) is 11.4 Å². The summed E-state index contributed by atoms with van der Waals surface area (Å²) in [5.74, 6) is 1.03. The second-order valence-electron chi connectivity index (χ2n) is 13.4. The molecule has 238 valence electrons. The van der Waals surface area contributed by atoms with E-state index in [9.17, 15) is 9.59 Å². The maximum Gasteiger partial charge on any atom is 0.437 e. The first kappa shape index (κ1) is 34.1. The quantitative estimate of drug-likeness (QED) is 0.157. The van der Waals surface area contributed by atoms with Crippen molar-refractivity contribution in [1.82, 2.24) is 20.4 Å². The number of amides is 2. The van der Waals surface area contributed by atoms with Crippen molar-refractivity contribution < 1.29 is 23.6 Å². The molecule has 3 rings (SSSR count). The Labute approximate surface area is 257 Å². The Morgan fingerprint density at radius 1 is 0.953 bits per heavy atom. The molecule has 2 heterocycles. The predicted molar refractivity (Wildman–Crippen MR) is 168 cm³/mol. The number of hydrogen-bond acceptors (Lipinski definition) is 7. The smallest absolute Gasteiger partial charge is 0.437 e. The highest BCUT2D eigenvalue weighted by molar-refractivity contribution is 5.99. The maximum atomic E-state index is 12.5. The molecule has 1 aliphatic heterocycles. The minimum absolute atomic E-state index is 0.0674. The van der Waals surface area contributed by atoms with Gasteiger partial charge in [0, 0.05) is 18.7 Å². The van der Waals surface area contributed by atoms with Gasteiger partial charge in [0.15, 0.2) is 0 Å². The number of carbonyl (C=O) groups excluding carboxylic acids is 2. The van der Waals surface area contributed by atoms with Crippen molar-refractivity contribution in [3.05, 3.63) is 35.7 Å². The van der Waals surface area contributed by atoms with Gasteiger partial charge in [-0.1, -0.05) is 81.3 Å². The number of hydrogen-bond donors (Lipinski definition) is 1. The number of likely N-dealkylation sites (tertiary alicyclic amines) is 1. The molecule has 10 nitrogen and oxygen atoms in total. The molecule has 0 saturated carbocycles. The van der Waals surface area contributed by atoms with Crippen LogP contribution in [-0.2, 0) is 15.9 Å². The summed E-state index contributed by atoms with van der Waals surface area (Å²) in [6, 6.07) is 8.38. The standard InChI is InChI=1S/C33H51N5O5/c1-8-9-10-11-12-13-14-15-16-24-17-19-25(20-18-24)27-34-28(43-37-27)26-21-22-38(23-26)29(35-30(39)41-32(2,3)4)36-31(40)42-33(5,6)7/h17-20,26H,8-16,21-23H2,1-7H3,(H,35,36,39,40)/t26-/m0/s1. The Bertz CT molecular complexity index is 1190. The van der Waals surface area contributed by atoms with E-state index in [0.29, 0.717) is 31.2 Å². The molecule has 1 N–H and O–H groups in total. The minimum Gasteiger partial charge on any atom is -0.444 e. The van der Waals surface area contributed by atoms with Crippen LogP contribution in [0.3, 0.4) is 0 Å². The van der Waals surface area contributed by atoms with Gasteiger partial charge in [-0.2, -0.15) is 4.98 Å². The summed E-state index contributed by atoms with van der Waals surface area (Å²) in [6.45, 7) is 13.8. The highest BCUT2D eigenvalue weighted by Crippen LogP contribution is 2.28. The molecule has 10 heteroatoms. The monoisotopic (exact) mass is 597 g/mol. The number of ether oxygens (including phenoxy) is 2. The number of carbonyl (C=O) groups is 2. The third-order valence-corrected chi connectivity index (χ3v) is 7.01. The van der Waals surface area contributed by atoms with Crippen molar-refractivity contribution in [2.24, 2.45) is 4.99 Å². The number of alkyl carbamates (subject to hydrolysis) is 1. The molecule has 0 bridgehead atoms. The first-order valence-electron chi connectivity index (χ1n) is 15.8. The molecule has 1 atom stereocenters. The lowest BCUT2D eigenvalue weighted by atomic mass is 10.0. The van der Waals surface area contributed by atoms with Crippen molar-refractivity contribution in [3.63, 3.8) is 0 Å². The predicted octanol–water partition coefficient (Wildman–Crippen LogP) is 8.02. The summed E-state index contributed by atoms with van der Waals surface area (Å²) in [5.41, 5.74) is 0.792. The van der Waals surface area contributed by atoms with E-state index in [1.165, 1.54) is 56.9 Å². The Morgan fingerprint density at radius 3 is 2.21 bits per heavy atom. The fraction of sp³-hybridized carbons (Fsp3) is 0.667. The molecule has 1 aliphatic rings. The van der Waals surface area contributed by atoms with Gasteiger partial charge in [-0.05, 0) is 66.4 Å². The van der Waals surface area contributed by atoms with Gasteiger partial charge < -0.3 is 18.9 Å². The zero-order chi connectivity index (χ0) is 31.5. The number of nitrogens with one attached hydrogen (secondary N) is 1. The lowest BCUT2D eigenvalue weighted by Gasteiger charge is -2.24. The third-order valence-electron chi connectivity index (χ3n) is 7.01. The van der Waals surface area contributed by atoms with Crippen molar-refractivity contribution >= 4 is 18.1 Å². The van der Waals surface area contributed by atoms with E-state index in [2.05, 4.69) is 39.5 Å². The maximum absolute atomic E-state index is 12.5. The third kappa shape index (κ3) is 12.4. The topological polar surface area (TPSA) is 119 Å². The van der Waals surface area contributed by atoms with Gasteiger partial charge in [-0.15, -0.1) is 4.99 Å². The molecule has 1 aromatic carbocycles. The normalized spacial score (nSPS) is 15.9. The van der Waals surface area contributed by atoms with Gasteiger partial charge in [0.1, 0.15) is 11.2 Å². The van der Waals surface area contributed by atoms with Crippen molar-refractivity contribution in [2.45, 2.75) is 130 Å². The Morgan fingerprint density at radius 2 is 1.58 bits per heavy atom. The number of aromatic nitrogens is 2. The first-order chi connectivity index (χ1) is 20.3. The highest BCUT2D eigenvalue weighted by Gasteiger charge is 2.32. The first-order valence-corrected chi connectivity index (χ1v) is 15.8. The van der Waals surface area contributed by atoms with Gasteiger partial charge in [-0.25, -0.2) is 9.59 Å². The summed E-state index contributed by atoms with van der Waals surface area (Å²) in [4.78, 5) is 35.5. The van der Waals surface area contributed by atoms with E-state index in [1.54, 1.807) is 46.4 Å². The van der Waals surface area contributed by atoms with Crippen LogP contribution in [0.15, 0.2) is 33.8 Å². The van der Waals surface area contributed by atoms with E-state index in [0.717, 1.165) is 12.0 Å². The molecule has 43 heavy (non-hydrogen) atoms. The van der Waals surface area contributed by atoms with Crippen molar-refractivity contribution in [2.75, 3.05) is 13.1 Å². The van der Waals surface area contributed by atoms with Crippen LogP contribution in [0, 0.1) is 0 Å². The molecule has 1 saturated heterocycles. The van der Waals surface area contributed by atoms with Crippen LogP contribution in [0.5, 0.6) is 0 Å². The van der Waals surface area contributed by atoms with Gasteiger partial charge in [0.25, 0.3) is 0 Å². The van der Waals surface area contributed by atoms with Crippen LogP contribution in [0.2, 0.25) is 0 Å². The molecule has 2 aromatic rings. The van der Waals surface area contributed by atoms with Crippen LogP contribution in [0.4, 0.5) is 9.59 Å². The second kappa shape index (κ2) is 15.9. The van der Waals surface area contributed by atoms with E-state index >= 15 is 0 Å². The number of nitrogens with zero attached hydrogens (tertiary/aromatic N) is 4. The molecular weight excluding hydrogens is 546 g/mol. The molecule has 0 unspecified atom stereocenters. The summed E-state index contributed by atoms with van der Waals surface area (Å²) in [7, 11) is 0. The zero-order valence-corrected chi connectivity index (χ0v) is 27.2. The van der Waals surface area contributed by atoms with Crippen LogP contribution >= 0.6 is 0 Å². The minimum atomic E-state index is -0.798. The van der Waals surface area contributed by atoms with Gasteiger partial charge in [0.2, 0.25) is 17.7 Å². The average molecular weight is 598 g/mol.